The normalized spacial score (nSPS) is 23.4. The fourth-order valence-corrected chi connectivity index (χ4v) is 3.05. The van der Waals surface area contributed by atoms with Crippen LogP contribution < -0.4 is 4.90 Å². The quantitative estimate of drug-likeness (QED) is 0.800. The molecule has 0 radical (unpaired) electrons. The molecule has 0 N–H and O–H groups in total. The van der Waals surface area contributed by atoms with Crippen molar-refractivity contribution in [1.29, 1.82) is 5.26 Å². The van der Waals surface area contributed by atoms with Crippen LogP contribution >= 0.6 is 15.9 Å². The minimum absolute atomic E-state index is 0.0152. The number of halogens is 1. The third-order valence-electron chi connectivity index (χ3n) is 3.85. The van der Waals surface area contributed by atoms with E-state index in [4.69, 9.17) is 5.26 Å². The number of nitrogens with zero attached hydrogens (tertiary/aromatic N) is 2. The molecule has 1 amide bonds. The molecule has 0 aromatic heterocycles. The average Bonchev–Trinajstić information content (AvgIpc) is 3.07. The average molecular weight is 305 g/mol. The molecule has 3 nitrogen and oxygen atoms in total. The van der Waals surface area contributed by atoms with Gasteiger partial charge in [0.25, 0.3) is 0 Å². The Morgan fingerprint density at radius 3 is 2.89 bits per heavy atom. The van der Waals surface area contributed by atoms with E-state index in [9.17, 15) is 4.79 Å². The minimum atomic E-state index is -0.733. The molecule has 1 unspecified atom stereocenters. The molecule has 1 heterocycles. The van der Waals surface area contributed by atoms with Gasteiger partial charge in [-0.2, -0.15) is 5.26 Å². The van der Waals surface area contributed by atoms with Crippen LogP contribution in [0.3, 0.4) is 0 Å². The third kappa shape index (κ3) is 1.58. The van der Waals surface area contributed by atoms with Crippen LogP contribution in [-0.2, 0) is 11.2 Å². The van der Waals surface area contributed by atoms with Gasteiger partial charge in [-0.1, -0.05) is 15.9 Å². The number of benzene rings is 1. The summed E-state index contributed by atoms with van der Waals surface area (Å²) in [6.07, 6.45) is 2.27. The van der Waals surface area contributed by atoms with Crippen molar-refractivity contribution in [2.75, 3.05) is 4.90 Å². The zero-order valence-corrected chi connectivity index (χ0v) is 11.7. The van der Waals surface area contributed by atoms with Crippen molar-refractivity contribution in [3.8, 4) is 6.07 Å². The number of amides is 1. The first-order valence-corrected chi connectivity index (χ1v) is 6.90. The summed E-state index contributed by atoms with van der Waals surface area (Å²) in [7, 11) is 0. The zero-order valence-electron chi connectivity index (χ0n) is 10.1. The lowest BCUT2D eigenvalue weighted by atomic mass is 10.1. The van der Waals surface area contributed by atoms with Crippen molar-refractivity contribution in [2.24, 2.45) is 5.41 Å². The molecule has 0 saturated heterocycles. The number of nitriles is 1. The topological polar surface area (TPSA) is 44.1 Å². The van der Waals surface area contributed by atoms with E-state index < -0.39 is 5.41 Å². The monoisotopic (exact) mass is 304 g/mol. The minimum Gasteiger partial charge on any atom is -0.308 e. The van der Waals surface area contributed by atoms with Crippen LogP contribution in [0.2, 0.25) is 0 Å². The second kappa shape index (κ2) is 3.83. The summed E-state index contributed by atoms with van der Waals surface area (Å²) in [5, 5.41) is 9.16. The standard InChI is InChI=1S/C14H13BrN2O/c1-9-6-10-7-11(15)2-3-12(10)17(9)13(18)14(8-16)4-5-14/h2-3,7,9H,4-6H2,1H3. The predicted molar refractivity (Wildman–Crippen MR) is 72.1 cm³/mol. The highest BCUT2D eigenvalue weighted by molar-refractivity contribution is 9.10. The molecule has 0 bridgehead atoms. The number of rotatable bonds is 1. The molecule has 4 heteroatoms. The van der Waals surface area contributed by atoms with Gasteiger partial charge >= 0.3 is 0 Å². The fourth-order valence-electron chi connectivity index (χ4n) is 2.64. The molecule has 1 aromatic carbocycles. The first-order valence-electron chi connectivity index (χ1n) is 6.11. The van der Waals surface area contributed by atoms with E-state index in [1.165, 1.54) is 5.56 Å². The van der Waals surface area contributed by atoms with Gasteiger partial charge in [0, 0.05) is 16.2 Å². The Morgan fingerprint density at radius 2 is 2.28 bits per heavy atom. The van der Waals surface area contributed by atoms with Gasteiger partial charge in [-0.3, -0.25) is 4.79 Å². The predicted octanol–water partition coefficient (Wildman–Crippen LogP) is 3.03. The molecule has 1 aliphatic carbocycles. The Labute approximate surface area is 115 Å². The summed E-state index contributed by atoms with van der Waals surface area (Å²) in [5.41, 5.74) is 1.42. The first-order chi connectivity index (χ1) is 8.57. The lowest BCUT2D eigenvalue weighted by Gasteiger charge is -2.24. The Kier molecular flexibility index (Phi) is 2.49. The smallest absolute Gasteiger partial charge is 0.247 e. The van der Waals surface area contributed by atoms with Crippen LogP contribution in [0.15, 0.2) is 22.7 Å². The van der Waals surface area contributed by atoms with Crippen LogP contribution in [0, 0.1) is 16.7 Å². The number of hydrogen-bond donors (Lipinski definition) is 0. The highest BCUT2D eigenvalue weighted by Gasteiger charge is 2.54. The SMILES string of the molecule is CC1Cc2cc(Br)ccc2N1C(=O)C1(C#N)CC1. The highest BCUT2D eigenvalue weighted by Crippen LogP contribution is 2.49. The number of fused-ring (bicyclic) bond motifs is 1. The Hall–Kier alpha value is -1.34. The molecule has 1 aromatic rings. The maximum absolute atomic E-state index is 12.5. The number of carbonyl (C=O) groups is 1. The maximum Gasteiger partial charge on any atom is 0.247 e. The Balaban J connectivity index is 2.00. The van der Waals surface area contributed by atoms with Crippen LogP contribution in [0.25, 0.3) is 0 Å². The fraction of sp³-hybridized carbons (Fsp3) is 0.429. The molecule has 1 saturated carbocycles. The summed E-state index contributed by atoms with van der Waals surface area (Å²) < 4.78 is 1.03. The van der Waals surface area contributed by atoms with Gasteiger partial charge in [-0.05, 0) is 49.9 Å². The number of carbonyl (C=O) groups excluding carboxylic acids is 1. The largest absolute Gasteiger partial charge is 0.308 e. The zero-order chi connectivity index (χ0) is 12.9. The molecule has 3 rings (SSSR count). The molecule has 1 atom stereocenters. The van der Waals surface area contributed by atoms with Crippen LogP contribution in [-0.4, -0.2) is 11.9 Å². The second-order valence-corrected chi connectivity index (χ2v) is 6.11. The maximum atomic E-state index is 12.5. The van der Waals surface area contributed by atoms with E-state index in [0.717, 1.165) is 16.6 Å². The van der Waals surface area contributed by atoms with Gasteiger partial charge in [0.05, 0.1) is 6.07 Å². The van der Waals surface area contributed by atoms with Crippen LogP contribution in [0.4, 0.5) is 5.69 Å². The Bertz CT molecular complexity index is 572. The van der Waals surface area contributed by atoms with Crippen molar-refractivity contribution < 1.29 is 4.79 Å². The molecule has 2 aliphatic rings. The highest BCUT2D eigenvalue weighted by atomic mass is 79.9. The van der Waals surface area contributed by atoms with E-state index in [2.05, 4.69) is 28.1 Å². The van der Waals surface area contributed by atoms with Crippen molar-refractivity contribution in [1.82, 2.24) is 0 Å². The van der Waals surface area contributed by atoms with E-state index in [0.29, 0.717) is 12.8 Å². The van der Waals surface area contributed by atoms with Gasteiger partial charge in [0.2, 0.25) is 5.91 Å². The molecule has 0 spiro atoms. The van der Waals surface area contributed by atoms with Crippen molar-refractivity contribution in [3.05, 3.63) is 28.2 Å². The van der Waals surface area contributed by atoms with Gasteiger partial charge in [-0.15, -0.1) is 0 Å². The summed E-state index contributed by atoms with van der Waals surface area (Å²) >= 11 is 3.45. The summed E-state index contributed by atoms with van der Waals surface area (Å²) in [6.45, 7) is 2.04. The summed E-state index contributed by atoms with van der Waals surface area (Å²) in [5.74, 6) is -0.0152. The van der Waals surface area contributed by atoms with Crippen molar-refractivity contribution in [3.63, 3.8) is 0 Å². The summed E-state index contributed by atoms with van der Waals surface area (Å²) in [4.78, 5) is 14.3. The van der Waals surface area contributed by atoms with Crippen molar-refractivity contribution in [2.45, 2.75) is 32.2 Å². The lowest BCUT2D eigenvalue weighted by Crippen LogP contribution is -2.40. The third-order valence-corrected chi connectivity index (χ3v) is 4.34. The van der Waals surface area contributed by atoms with Crippen LogP contribution in [0.1, 0.15) is 25.3 Å². The summed E-state index contributed by atoms with van der Waals surface area (Å²) in [6, 6.07) is 8.31. The molecule has 92 valence electrons. The van der Waals surface area contributed by atoms with E-state index in [-0.39, 0.29) is 11.9 Å². The van der Waals surface area contributed by atoms with Crippen molar-refractivity contribution >= 4 is 27.5 Å². The van der Waals surface area contributed by atoms with Gasteiger partial charge < -0.3 is 4.90 Å². The molecular weight excluding hydrogens is 292 g/mol. The van der Waals surface area contributed by atoms with E-state index in [1.807, 2.05) is 24.0 Å². The van der Waals surface area contributed by atoms with E-state index >= 15 is 0 Å². The number of hydrogen-bond acceptors (Lipinski definition) is 2. The van der Waals surface area contributed by atoms with Gasteiger partial charge in [0.15, 0.2) is 0 Å². The molecule has 1 fully saturated rings. The molecular formula is C14H13BrN2O. The molecule has 18 heavy (non-hydrogen) atoms. The Morgan fingerprint density at radius 1 is 1.56 bits per heavy atom. The van der Waals surface area contributed by atoms with Gasteiger partial charge in [-0.25, -0.2) is 0 Å². The number of anilines is 1. The lowest BCUT2D eigenvalue weighted by molar-refractivity contribution is -0.122. The molecule has 1 aliphatic heterocycles. The van der Waals surface area contributed by atoms with E-state index in [1.54, 1.807) is 0 Å². The first kappa shape index (κ1) is 11.7. The van der Waals surface area contributed by atoms with Crippen LogP contribution in [0.5, 0.6) is 0 Å². The second-order valence-electron chi connectivity index (χ2n) is 5.20. The van der Waals surface area contributed by atoms with Gasteiger partial charge in [0.1, 0.15) is 5.41 Å².